The second-order valence-corrected chi connectivity index (χ2v) is 5.99. The van der Waals surface area contributed by atoms with Crippen molar-refractivity contribution in [2.45, 2.75) is 71.3 Å². The fourth-order valence-electron chi connectivity index (χ4n) is 2.87. The molecule has 4 nitrogen and oxygen atoms in total. The van der Waals surface area contributed by atoms with Crippen LogP contribution in [0, 0.1) is 5.92 Å². The highest BCUT2D eigenvalue weighted by Gasteiger charge is 2.22. The molecule has 1 aliphatic carbocycles. The maximum absolute atomic E-state index is 5.44. The van der Waals surface area contributed by atoms with E-state index >= 15 is 0 Å². The molecular weight excluding hydrogens is 238 g/mol. The molecule has 0 radical (unpaired) electrons. The van der Waals surface area contributed by atoms with E-state index in [2.05, 4.69) is 36.2 Å². The van der Waals surface area contributed by atoms with Gasteiger partial charge in [0.2, 0.25) is 5.89 Å². The molecule has 4 heteroatoms. The van der Waals surface area contributed by atoms with Gasteiger partial charge in [0.05, 0.1) is 0 Å². The van der Waals surface area contributed by atoms with Crippen molar-refractivity contribution < 1.29 is 4.52 Å². The van der Waals surface area contributed by atoms with Crippen LogP contribution in [0.2, 0.25) is 0 Å². The number of nitrogens with one attached hydrogen (secondary N) is 1. The first-order chi connectivity index (χ1) is 9.20. The van der Waals surface area contributed by atoms with Gasteiger partial charge in [-0.2, -0.15) is 4.98 Å². The molecule has 1 aromatic rings. The first-order valence-corrected chi connectivity index (χ1v) is 7.76. The zero-order valence-corrected chi connectivity index (χ0v) is 12.5. The topological polar surface area (TPSA) is 51.0 Å². The zero-order chi connectivity index (χ0) is 13.7. The fourth-order valence-corrected chi connectivity index (χ4v) is 2.87. The highest BCUT2D eigenvalue weighted by atomic mass is 16.5. The van der Waals surface area contributed by atoms with E-state index in [1.807, 2.05) is 0 Å². The van der Waals surface area contributed by atoms with Gasteiger partial charge in [-0.05, 0) is 25.3 Å². The van der Waals surface area contributed by atoms with Crippen molar-refractivity contribution in [2.24, 2.45) is 5.92 Å². The molecule has 1 atom stereocenters. The molecule has 108 valence electrons. The Labute approximate surface area is 116 Å². The van der Waals surface area contributed by atoms with Gasteiger partial charge in [0.1, 0.15) is 0 Å². The molecular formula is C15H27N3O. The Balaban J connectivity index is 1.95. The van der Waals surface area contributed by atoms with E-state index in [1.54, 1.807) is 0 Å². The van der Waals surface area contributed by atoms with Crippen molar-refractivity contribution >= 4 is 0 Å². The molecule has 0 saturated heterocycles. The van der Waals surface area contributed by atoms with E-state index in [1.165, 1.54) is 32.1 Å². The molecule has 1 unspecified atom stereocenters. The van der Waals surface area contributed by atoms with Crippen LogP contribution in [-0.2, 0) is 6.42 Å². The van der Waals surface area contributed by atoms with Crippen molar-refractivity contribution in [3.63, 3.8) is 0 Å². The van der Waals surface area contributed by atoms with Crippen LogP contribution in [0.5, 0.6) is 0 Å². The molecule has 0 bridgehead atoms. The smallest absolute Gasteiger partial charge is 0.228 e. The summed E-state index contributed by atoms with van der Waals surface area (Å²) in [5.41, 5.74) is 0. The lowest BCUT2D eigenvalue weighted by atomic mass is 9.89. The Morgan fingerprint density at radius 3 is 2.63 bits per heavy atom. The Hall–Kier alpha value is -0.900. The van der Waals surface area contributed by atoms with E-state index in [0.29, 0.717) is 17.9 Å². The highest BCUT2D eigenvalue weighted by Crippen LogP contribution is 2.30. The van der Waals surface area contributed by atoms with E-state index in [0.717, 1.165) is 24.7 Å². The van der Waals surface area contributed by atoms with Crippen LogP contribution < -0.4 is 5.32 Å². The average Bonchev–Trinajstić information content (AvgIpc) is 2.88. The molecule has 1 aromatic heterocycles. The second-order valence-electron chi connectivity index (χ2n) is 5.99. The van der Waals surface area contributed by atoms with Crippen LogP contribution in [0.15, 0.2) is 4.52 Å². The van der Waals surface area contributed by atoms with Crippen molar-refractivity contribution in [2.75, 3.05) is 6.54 Å². The summed E-state index contributed by atoms with van der Waals surface area (Å²) in [7, 11) is 0. The molecule has 1 aliphatic rings. The van der Waals surface area contributed by atoms with Gasteiger partial charge in [-0.3, -0.25) is 0 Å². The lowest BCUT2D eigenvalue weighted by Crippen LogP contribution is -2.35. The average molecular weight is 265 g/mol. The molecule has 1 saturated carbocycles. The third kappa shape index (κ3) is 4.03. The highest BCUT2D eigenvalue weighted by molar-refractivity contribution is 4.98. The summed E-state index contributed by atoms with van der Waals surface area (Å²) in [5, 5.41) is 7.69. The van der Waals surface area contributed by atoms with Crippen molar-refractivity contribution in [1.82, 2.24) is 15.5 Å². The number of hydrogen-bond donors (Lipinski definition) is 1. The summed E-state index contributed by atoms with van der Waals surface area (Å²) in [6, 6.07) is 0.421. The first kappa shape index (κ1) is 14.5. The maximum Gasteiger partial charge on any atom is 0.228 e. The number of nitrogens with zero attached hydrogens (tertiary/aromatic N) is 2. The monoisotopic (exact) mass is 265 g/mol. The third-order valence-corrected chi connectivity index (χ3v) is 4.12. The van der Waals surface area contributed by atoms with Gasteiger partial charge in [0.25, 0.3) is 0 Å². The summed E-state index contributed by atoms with van der Waals surface area (Å²) < 4.78 is 5.44. The summed E-state index contributed by atoms with van der Waals surface area (Å²) >= 11 is 0. The number of hydrogen-bond acceptors (Lipinski definition) is 4. The van der Waals surface area contributed by atoms with Gasteiger partial charge >= 0.3 is 0 Å². The third-order valence-electron chi connectivity index (χ3n) is 4.12. The summed E-state index contributed by atoms with van der Waals surface area (Å²) in [4.78, 5) is 4.62. The molecule has 1 fully saturated rings. The van der Waals surface area contributed by atoms with Crippen molar-refractivity contribution in [3.05, 3.63) is 11.7 Å². The molecule has 0 amide bonds. The lowest BCUT2D eigenvalue weighted by molar-refractivity contribution is 0.323. The lowest BCUT2D eigenvalue weighted by Gasteiger charge is -2.19. The quantitative estimate of drug-likeness (QED) is 0.857. The maximum atomic E-state index is 5.44. The minimum absolute atomic E-state index is 0.421. The van der Waals surface area contributed by atoms with Gasteiger partial charge < -0.3 is 9.84 Å². The standard InChI is InChI=1S/C15H27N3O/c1-4-16-13(11(2)3)10-14-17-15(18-19-14)12-8-6-5-7-9-12/h11-13,16H,4-10H2,1-3H3. The van der Waals surface area contributed by atoms with E-state index in [9.17, 15) is 0 Å². The molecule has 0 aromatic carbocycles. The van der Waals surface area contributed by atoms with Crippen LogP contribution in [-0.4, -0.2) is 22.7 Å². The van der Waals surface area contributed by atoms with Gasteiger partial charge in [-0.1, -0.05) is 45.2 Å². The first-order valence-electron chi connectivity index (χ1n) is 7.76. The van der Waals surface area contributed by atoms with E-state index in [4.69, 9.17) is 4.52 Å². The Bertz CT molecular complexity index is 369. The normalized spacial score (nSPS) is 18.9. The van der Waals surface area contributed by atoms with Gasteiger partial charge in [-0.15, -0.1) is 0 Å². The van der Waals surface area contributed by atoms with Crippen molar-refractivity contribution in [3.8, 4) is 0 Å². The molecule has 0 aliphatic heterocycles. The second kappa shape index (κ2) is 7.04. The molecule has 1 N–H and O–H groups in total. The van der Waals surface area contributed by atoms with Gasteiger partial charge in [-0.25, -0.2) is 0 Å². The Morgan fingerprint density at radius 1 is 1.26 bits per heavy atom. The zero-order valence-electron chi connectivity index (χ0n) is 12.5. The van der Waals surface area contributed by atoms with Crippen LogP contribution in [0.1, 0.15) is 70.5 Å². The van der Waals surface area contributed by atoms with E-state index in [-0.39, 0.29) is 0 Å². The predicted octanol–water partition coefficient (Wildman–Crippen LogP) is 3.29. The van der Waals surface area contributed by atoms with Crippen LogP contribution >= 0.6 is 0 Å². The van der Waals surface area contributed by atoms with Crippen molar-refractivity contribution in [1.29, 1.82) is 0 Å². The molecule has 0 spiro atoms. The van der Waals surface area contributed by atoms with Gasteiger partial charge in [0, 0.05) is 18.4 Å². The molecule has 19 heavy (non-hydrogen) atoms. The largest absolute Gasteiger partial charge is 0.339 e. The minimum Gasteiger partial charge on any atom is -0.339 e. The Kier molecular flexibility index (Phi) is 5.37. The minimum atomic E-state index is 0.421. The number of aromatic nitrogens is 2. The summed E-state index contributed by atoms with van der Waals surface area (Å²) in [6.07, 6.45) is 7.25. The molecule has 1 heterocycles. The SMILES string of the molecule is CCNC(Cc1nc(C2CCCCC2)no1)C(C)C. The Morgan fingerprint density at radius 2 is 2.00 bits per heavy atom. The summed E-state index contributed by atoms with van der Waals surface area (Å²) in [5.74, 6) is 2.83. The van der Waals surface area contributed by atoms with Crippen LogP contribution in [0.3, 0.4) is 0 Å². The predicted molar refractivity (Wildman–Crippen MR) is 76.1 cm³/mol. The fraction of sp³-hybridized carbons (Fsp3) is 0.867. The van der Waals surface area contributed by atoms with Gasteiger partial charge in [0.15, 0.2) is 5.82 Å². The summed E-state index contributed by atoms with van der Waals surface area (Å²) in [6.45, 7) is 7.57. The van der Waals surface area contributed by atoms with Crippen LogP contribution in [0.25, 0.3) is 0 Å². The van der Waals surface area contributed by atoms with Crippen LogP contribution in [0.4, 0.5) is 0 Å². The number of rotatable bonds is 6. The number of likely N-dealkylation sites (N-methyl/N-ethyl adjacent to an activating group) is 1. The van der Waals surface area contributed by atoms with E-state index < -0.39 is 0 Å². The molecule has 2 rings (SSSR count).